The molecule has 9 heteroatoms. The third kappa shape index (κ3) is 4.14. The molecule has 0 unspecified atom stereocenters. The van der Waals surface area contributed by atoms with Gasteiger partial charge in [-0.1, -0.05) is 41.7 Å². The minimum absolute atomic E-state index is 0.0628. The standard InChI is InChI=1S/C14H11Cl3N2O3S/c1-2-23(21,22)12-4-3-8(15)5-9(12)14(20)19-13-6-10(16)11(17)7-18-13/h3-7H,2H2,1H3,(H,18,19,20). The first-order valence-corrected chi connectivity index (χ1v) is 9.18. The topological polar surface area (TPSA) is 76.1 Å². The van der Waals surface area contributed by atoms with Crippen molar-refractivity contribution < 1.29 is 13.2 Å². The maximum atomic E-state index is 12.4. The number of hydrogen-bond donors (Lipinski definition) is 1. The summed E-state index contributed by atoms with van der Waals surface area (Å²) in [7, 11) is -3.58. The summed E-state index contributed by atoms with van der Waals surface area (Å²) in [5, 5.41) is 3.17. The van der Waals surface area contributed by atoms with Crippen molar-refractivity contribution in [2.75, 3.05) is 11.1 Å². The Bertz CT molecular complexity index is 870. The van der Waals surface area contributed by atoms with E-state index < -0.39 is 15.7 Å². The summed E-state index contributed by atoms with van der Waals surface area (Å²) in [4.78, 5) is 16.2. The highest BCUT2D eigenvalue weighted by molar-refractivity contribution is 7.91. The van der Waals surface area contributed by atoms with Crippen molar-refractivity contribution in [3.8, 4) is 0 Å². The molecule has 0 radical (unpaired) electrons. The van der Waals surface area contributed by atoms with Crippen LogP contribution in [0.5, 0.6) is 0 Å². The Hall–Kier alpha value is -1.34. The van der Waals surface area contributed by atoms with Crippen LogP contribution < -0.4 is 5.32 Å². The van der Waals surface area contributed by atoms with Crippen molar-refractivity contribution in [2.45, 2.75) is 11.8 Å². The van der Waals surface area contributed by atoms with E-state index >= 15 is 0 Å². The molecule has 1 aromatic carbocycles. The first-order valence-electron chi connectivity index (χ1n) is 6.39. The fraction of sp³-hybridized carbons (Fsp3) is 0.143. The maximum Gasteiger partial charge on any atom is 0.258 e. The van der Waals surface area contributed by atoms with Gasteiger partial charge in [0.1, 0.15) is 5.82 Å². The molecular weight excluding hydrogens is 383 g/mol. The third-order valence-electron chi connectivity index (χ3n) is 2.95. The van der Waals surface area contributed by atoms with E-state index in [1.807, 2.05) is 0 Å². The monoisotopic (exact) mass is 392 g/mol. The van der Waals surface area contributed by atoms with Crippen LogP contribution in [0.4, 0.5) is 5.82 Å². The van der Waals surface area contributed by atoms with Gasteiger partial charge in [-0.2, -0.15) is 0 Å². The number of nitrogens with one attached hydrogen (secondary N) is 1. The van der Waals surface area contributed by atoms with Gasteiger partial charge in [0, 0.05) is 17.3 Å². The lowest BCUT2D eigenvalue weighted by Crippen LogP contribution is -2.18. The molecule has 0 aliphatic rings. The zero-order chi connectivity index (χ0) is 17.2. The van der Waals surface area contributed by atoms with Gasteiger partial charge in [-0.05, 0) is 18.2 Å². The molecule has 1 amide bonds. The van der Waals surface area contributed by atoms with E-state index in [1.54, 1.807) is 0 Å². The van der Waals surface area contributed by atoms with Crippen molar-refractivity contribution in [3.05, 3.63) is 51.1 Å². The van der Waals surface area contributed by atoms with E-state index in [1.165, 1.54) is 37.4 Å². The lowest BCUT2D eigenvalue weighted by molar-refractivity contribution is 0.102. The van der Waals surface area contributed by atoms with Crippen LogP contribution >= 0.6 is 34.8 Å². The van der Waals surface area contributed by atoms with E-state index in [4.69, 9.17) is 34.8 Å². The lowest BCUT2D eigenvalue weighted by atomic mass is 10.2. The molecule has 0 saturated carbocycles. The van der Waals surface area contributed by atoms with Crippen molar-refractivity contribution in [2.24, 2.45) is 0 Å². The molecule has 0 bridgehead atoms. The van der Waals surface area contributed by atoms with Gasteiger partial charge in [0.2, 0.25) is 0 Å². The van der Waals surface area contributed by atoms with Crippen LogP contribution in [0.25, 0.3) is 0 Å². The number of aromatic nitrogens is 1. The van der Waals surface area contributed by atoms with Crippen molar-refractivity contribution in [1.82, 2.24) is 4.98 Å². The second kappa shape index (κ2) is 7.05. The Balaban J connectivity index is 2.42. The Kier molecular flexibility index (Phi) is 5.52. The summed E-state index contributed by atoms with van der Waals surface area (Å²) in [6.07, 6.45) is 1.28. The van der Waals surface area contributed by atoms with Gasteiger partial charge in [0.05, 0.1) is 26.3 Å². The Morgan fingerprint density at radius 1 is 1.17 bits per heavy atom. The van der Waals surface area contributed by atoms with Crippen molar-refractivity contribution in [1.29, 1.82) is 0 Å². The van der Waals surface area contributed by atoms with Crippen LogP contribution in [0.15, 0.2) is 35.4 Å². The SMILES string of the molecule is CCS(=O)(=O)c1ccc(Cl)cc1C(=O)Nc1cc(Cl)c(Cl)cn1. The zero-order valence-corrected chi connectivity index (χ0v) is 14.9. The summed E-state index contributed by atoms with van der Waals surface area (Å²) in [6, 6.07) is 5.37. The van der Waals surface area contributed by atoms with Gasteiger partial charge >= 0.3 is 0 Å². The summed E-state index contributed by atoms with van der Waals surface area (Å²) in [5.41, 5.74) is -0.0628. The summed E-state index contributed by atoms with van der Waals surface area (Å²) in [6.45, 7) is 1.49. The number of pyridine rings is 1. The number of rotatable bonds is 4. The quantitative estimate of drug-likeness (QED) is 0.849. The number of hydrogen-bond acceptors (Lipinski definition) is 4. The highest BCUT2D eigenvalue weighted by Crippen LogP contribution is 2.25. The highest BCUT2D eigenvalue weighted by atomic mass is 35.5. The smallest absolute Gasteiger partial charge is 0.258 e. The Morgan fingerprint density at radius 2 is 1.87 bits per heavy atom. The van der Waals surface area contributed by atoms with E-state index in [0.717, 1.165) is 0 Å². The zero-order valence-electron chi connectivity index (χ0n) is 11.8. The largest absolute Gasteiger partial charge is 0.306 e. The van der Waals surface area contributed by atoms with Gasteiger partial charge in [-0.25, -0.2) is 13.4 Å². The van der Waals surface area contributed by atoms with Crippen molar-refractivity contribution >= 4 is 56.4 Å². The van der Waals surface area contributed by atoms with Crippen LogP contribution in [-0.2, 0) is 9.84 Å². The predicted octanol–water partition coefficient (Wildman–Crippen LogP) is 4.09. The highest BCUT2D eigenvalue weighted by Gasteiger charge is 2.22. The molecule has 0 fully saturated rings. The minimum atomic E-state index is -3.58. The van der Waals surface area contributed by atoms with Gasteiger partial charge in [-0.3, -0.25) is 4.79 Å². The summed E-state index contributed by atoms with van der Waals surface area (Å²) >= 11 is 17.5. The number of anilines is 1. The van der Waals surface area contributed by atoms with Crippen LogP contribution in [0.3, 0.4) is 0 Å². The van der Waals surface area contributed by atoms with E-state index in [0.29, 0.717) is 0 Å². The van der Waals surface area contributed by atoms with Gasteiger partial charge in [-0.15, -0.1) is 0 Å². The number of amides is 1. The third-order valence-corrected chi connectivity index (χ3v) is 5.68. The number of benzene rings is 1. The molecule has 23 heavy (non-hydrogen) atoms. The number of carbonyl (C=O) groups excluding carboxylic acids is 1. The number of halogens is 3. The Morgan fingerprint density at radius 3 is 2.48 bits per heavy atom. The molecule has 1 heterocycles. The van der Waals surface area contributed by atoms with Crippen LogP contribution in [0.1, 0.15) is 17.3 Å². The molecule has 0 aliphatic carbocycles. The molecule has 5 nitrogen and oxygen atoms in total. The fourth-order valence-electron chi connectivity index (χ4n) is 1.77. The molecule has 0 spiro atoms. The van der Waals surface area contributed by atoms with E-state index in [2.05, 4.69) is 10.3 Å². The van der Waals surface area contributed by atoms with Gasteiger partial charge in [0.15, 0.2) is 9.84 Å². The molecule has 122 valence electrons. The van der Waals surface area contributed by atoms with E-state index in [9.17, 15) is 13.2 Å². The van der Waals surface area contributed by atoms with Gasteiger partial charge < -0.3 is 5.32 Å². The van der Waals surface area contributed by atoms with Crippen LogP contribution in [-0.4, -0.2) is 25.1 Å². The molecular formula is C14H11Cl3N2O3S. The van der Waals surface area contributed by atoms with Crippen LogP contribution in [0, 0.1) is 0 Å². The van der Waals surface area contributed by atoms with Crippen LogP contribution in [0.2, 0.25) is 15.1 Å². The van der Waals surface area contributed by atoms with E-state index in [-0.39, 0.29) is 37.1 Å². The first-order chi connectivity index (χ1) is 10.7. The molecule has 0 aliphatic heterocycles. The number of sulfone groups is 1. The number of nitrogens with zero attached hydrogens (tertiary/aromatic N) is 1. The second-order valence-corrected chi connectivity index (χ2v) is 7.98. The minimum Gasteiger partial charge on any atom is -0.306 e. The fourth-order valence-corrected chi connectivity index (χ4v) is 3.27. The molecule has 0 saturated heterocycles. The summed E-state index contributed by atoms with van der Waals surface area (Å²) in [5.74, 6) is -0.658. The molecule has 2 aromatic rings. The number of carbonyl (C=O) groups is 1. The molecule has 2 rings (SSSR count). The molecule has 1 N–H and O–H groups in total. The average Bonchev–Trinajstić information content (AvgIpc) is 2.50. The second-order valence-electron chi connectivity index (χ2n) is 4.48. The maximum absolute atomic E-state index is 12.4. The average molecular weight is 394 g/mol. The summed E-state index contributed by atoms with van der Waals surface area (Å²) < 4.78 is 24.2. The van der Waals surface area contributed by atoms with Gasteiger partial charge in [0.25, 0.3) is 5.91 Å². The molecule has 1 aromatic heterocycles. The predicted molar refractivity (Wildman–Crippen MR) is 91.4 cm³/mol. The first kappa shape index (κ1) is 18.0. The normalized spacial score (nSPS) is 11.3. The Labute approximate surface area is 148 Å². The lowest BCUT2D eigenvalue weighted by Gasteiger charge is -2.10. The molecule has 0 atom stereocenters. The van der Waals surface area contributed by atoms with Crippen molar-refractivity contribution in [3.63, 3.8) is 0 Å².